The summed E-state index contributed by atoms with van der Waals surface area (Å²) in [5.74, 6) is 2.50. The van der Waals surface area contributed by atoms with Crippen molar-refractivity contribution in [3.8, 4) is 5.88 Å². The summed E-state index contributed by atoms with van der Waals surface area (Å²) >= 11 is 0. The van der Waals surface area contributed by atoms with Crippen molar-refractivity contribution in [3.05, 3.63) is 12.1 Å². The first kappa shape index (κ1) is 14.5. The van der Waals surface area contributed by atoms with Crippen LogP contribution in [0.15, 0.2) is 12.1 Å². The Labute approximate surface area is 127 Å². The van der Waals surface area contributed by atoms with Crippen LogP contribution in [0, 0.1) is 5.92 Å². The maximum atomic E-state index is 5.98. The monoisotopic (exact) mass is 289 g/mol. The van der Waals surface area contributed by atoms with Crippen LogP contribution < -0.4 is 15.4 Å². The molecule has 0 spiro atoms. The van der Waals surface area contributed by atoms with Crippen LogP contribution in [0.3, 0.4) is 0 Å². The molecule has 1 aromatic rings. The summed E-state index contributed by atoms with van der Waals surface area (Å²) in [6, 6.07) is 4.67. The molecule has 4 nitrogen and oxygen atoms in total. The molecule has 0 bridgehead atoms. The van der Waals surface area contributed by atoms with Crippen molar-refractivity contribution in [2.75, 3.05) is 23.8 Å². The normalized spacial score (nSPS) is 22.9. The van der Waals surface area contributed by atoms with Crippen LogP contribution in [0.1, 0.15) is 51.9 Å². The van der Waals surface area contributed by atoms with Crippen LogP contribution in [0.5, 0.6) is 5.88 Å². The molecular formula is C17H27N3O. The molecule has 2 fully saturated rings. The van der Waals surface area contributed by atoms with E-state index in [1.165, 1.54) is 38.5 Å². The lowest BCUT2D eigenvalue weighted by atomic mass is 9.96. The van der Waals surface area contributed by atoms with Gasteiger partial charge < -0.3 is 15.4 Å². The Bertz CT molecular complexity index is 471. The van der Waals surface area contributed by atoms with E-state index in [0.717, 1.165) is 24.7 Å². The van der Waals surface area contributed by atoms with Gasteiger partial charge in [0.05, 0.1) is 12.3 Å². The standard InChI is InChI=1S/C17H27N3O/c1-2-12-21-17-14(18)9-10-16(19-17)20-11-5-8-15(20)13-6-3-4-7-13/h9-10,13,15H,2-8,11-12,18H2,1H3. The van der Waals surface area contributed by atoms with E-state index in [2.05, 4.69) is 17.9 Å². The summed E-state index contributed by atoms with van der Waals surface area (Å²) in [6.07, 6.45) is 9.12. The van der Waals surface area contributed by atoms with Gasteiger partial charge in [-0.25, -0.2) is 0 Å². The highest BCUT2D eigenvalue weighted by molar-refractivity contribution is 5.55. The highest BCUT2D eigenvalue weighted by Gasteiger charge is 2.34. The minimum atomic E-state index is 0.603. The molecule has 3 rings (SSSR count). The Balaban J connectivity index is 1.78. The number of rotatable bonds is 5. The zero-order valence-electron chi connectivity index (χ0n) is 13.1. The van der Waals surface area contributed by atoms with Gasteiger partial charge in [0.1, 0.15) is 5.82 Å². The van der Waals surface area contributed by atoms with Gasteiger partial charge in [0.25, 0.3) is 0 Å². The lowest BCUT2D eigenvalue weighted by molar-refractivity contribution is 0.307. The molecule has 1 atom stereocenters. The third kappa shape index (κ3) is 3.09. The van der Waals surface area contributed by atoms with Gasteiger partial charge in [-0.05, 0) is 50.2 Å². The quantitative estimate of drug-likeness (QED) is 0.899. The fraction of sp³-hybridized carbons (Fsp3) is 0.706. The van der Waals surface area contributed by atoms with Crippen LogP contribution in [0.4, 0.5) is 11.5 Å². The number of ether oxygens (including phenoxy) is 1. The van der Waals surface area contributed by atoms with Gasteiger partial charge >= 0.3 is 0 Å². The lowest BCUT2D eigenvalue weighted by Gasteiger charge is -2.30. The van der Waals surface area contributed by atoms with Crippen LogP contribution in [0.2, 0.25) is 0 Å². The second-order valence-electron chi connectivity index (χ2n) is 6.36. The van der Waals surface area contributed by atoms with Gasteiger partial charge in [-0.3, -0.25) is 0 Å². The molecule has 2 aliphatic rings. The molecule has 2 heterocycles. The van der Waals surface area contributed by atoms with E-state index < -0.39 is 0 Å². The molecule has 1 aliphatic carbocycles. The number of nitrogen functional groups attached to an aromatic ring is 1. The minimum Gasteiger partial charge on any atom is -0.476 e. The van der Waals surface area contributed by atoms with Crippen molar-refractivity contribution in [3.63, 3.8) is 0 Å². The second-order valence-corrected chi connectivity index (χ2v) is 6.36. The Hall–Kier alpha value is -1.45. The molecule has 0 aromatic carbocycles. The summed E-state index contributed by atoms with van der Waals surface area (Å²) < 4.78 is 5.68. The fourth-order valence-electron chi connectivity index (χ4n) is 3.82. The number of hydrogen-bond donors (Lipinski definition) is 1. The van der Waals surface area contributed by atoms with Crippen LogP contribution >= 0.6 is 0 Å². The van der Waals surface area contributed by atoms with Gasteiger partial charge in [-0.15, -0.1) is 0 Å². The Kier molecular flexibility index (Phi) is 4.51. The van der Waals surface area contributed by atoms with E-state index in [0.29, 0.717) is 24.2 Å². The largest absolute Gasteiger partial charge is 0.476 e. The van der Waals surface area contributed by atoms with E-state index in [-0.39, 0.29) is 0 Å². The van der Waals surface area contributed by atoms with Crippen LogP contribution in [-0.2, 0) is 0 Å². The lowest BCUT2D eigenvalue weighted by Crippen LogP contribution is -2.35. The van der Waals surface area contributed by atoms with Gasteiger partial charge in [0, 0.05) is 12.6 Å². The van der Waals surface area contributed by atoms with E-state index in [9.17, 15) is 0 Å². The van der Waals surface area contributed by atoms with E-state index in [4.69, 9.17) is 15.5 Å². The predicted octanol–water partition coefficient (Wildman–Crippen LogP) is 3.61. The molecule has 21 heavy (non-hydrogen) atoms. The molecule has 4 heteroatoms. The maximum absolute atomic E-state index is 5.98. The second kappa shape index (κ2) is 6.54. The summed E-state index contributed by atoms with van der Waals surface area (Å²) in [5.41, 5.74) is 6.62. The van der Waals surface area contributed by atoms with E-state index in [1.807, 2.05) is 6.07 Å². The summed E-state index contributed by atoms with van der Waals surface area (Å²) in [7, 11) is 0. The molecule has 1 aromatic heterocycles. The molecule has 0 amide bonds. The van der Waals surface area contributed by atoms with E-state index in [1.54, 1.807) is 0 Å². The average Bonchev–Trinajstić information content (AvgIpc) is 3.16. The number of hydrogen-bond acceptors (Lipinski definition) is 4. The van der Waals surface area contributed by atoms with Gasteiger partial charge in [0.2, 0.25) is 5.88 Å². The Morgan fingerprint density at radius 3 is 2.81 bits per heavy atom. The minimum absolute atomic E-state index is 0.603. The SMILES string of the molecule is CCCOc1nc(N2CCCC2C2CCCC2)ccc1N. The molecule has 1 aliphatic heterocycles. The Morgan fingerprint density at radius 1 is 1.24 bits per heavy atom. The fourth-order valence-corrected chi connectivity index (χ4v) is 3.82. The zero-order valence-corrected chi connectivity index (χ0v) is 13.1. The molecule has 2 N–H and O–H groups in total. The first-order valence-corrected chi connectivity index (χ1v) is 8.45. The van der Waals surface area contributed by atoms with Crippen molar-refractivity contribution in [2.24, 2.45) is 5.92 Å². The van der Waals surface area contributed by atoms with Crippen molar-refractivity contribution < 1.29 is 4.74 Å². The van der Waals surface area contributed by atoms with Gasteiger partial charge in [0.15, 0.2) is 0 Å². The molecule has 1 saturated carbocycles. The number of pyridine rings is 1. The first-order valence-electron chi connectivity index (χ1n) is 8.45. The average molecular weight is 289 g/mol. The summed E-state index contributed by atoms with van der Waals surface area (Å²) in [4.78, 5) is 7.19. The van der Waals surface area contributed by atoms with Crippen LogP contribution in [-0.4, -0.2) is 24.2 Å². The van der Waals surface area contributed by atoms with E-state index >= 15 is 0 Å². The summed E-state index contributed by atoms with van der Waals surface area (Å²) in [6.45, 7) is 3.88. The number of nitrogens with two attached hydrogens (primary N) is 1. The van der Waals surface area contributed by atoms with Crippen molar-refractivity contribution in [1.82, 2.24) is 4.98 Å². The highest BCUT2D eigenvalue weighted by atomic mass is 16.5. The molecule has 1 unspecified atom stereocenters. The van der Waals surface area contributed by atoms with Crippen molar-refractivity contribution in [1.29, 1.82) is 0 Å². The Morgan fingerprint density at radius 2 is 2.05 bits per heavy atom. The maximum Gasteiger partial charge on any atom is 0.239 e. The molecule has 116 valence electrons. The first-order chi connectivity index (χ1) is 10.3. The summed E-state index contributed by atoms with van der Waals surface area (Å²) in [5, 5.41) is 0. The van der Waals surface area contributed by atoms with Gasteiger partial charge in [-0.1, -0.05) is 19.8 Å². The number of aromatic nitrogens is 1. The number of nitrogens with zero attached hydrogens (tertiary/aromatic N) is 2. The molecular weight excluding hydrogens is 262 g/mol. The highest BCUT2D eigenvalue weighted by Crippen LogP contribution is 2.38. The third-order valence-corrected chi connectivity index (χ3v) is 4.86. The predicted molar refractivity (Wildman–Crippen MR) is 86.8 cm³/mol. The smallest absolute Gasteiger partial charge is 0.239 e. The van der Waals surface area contributed by atoms with Crippen molar-refractivity contribution >= 4 is 11.5 Å². The zero-order chi connectivity index (χ0) is 14.7. The third-order valence-electron chi connectivity index (χ3n) is 4.86. The molecule has 1 saturated heterocycles. The van der Waals surface area contributed by atoms with Crippen LogP contribution in [0.25, 0.3) is 0 Å². The van der Waals surface area contributed by atoms with Crippen molar-refractivity contribution in [2.45, 2.75) is 57.9 Å². The topological polar surface area (TPSA) is 51.4 Å². The molecule has 0 radical (unpaired) electrons. The number of anilines is 2. The van der Waals surface area contributed by atoms with Gasteiger partial charge in [-0.2, -0.15) is 4.98 Å².